The molecule has 0 bridgehead atoms. The standard InChI is InChI=1S/C27H32F3N7O2/c28-27(29,30)19-9-10-33-21(13-19)35-26(39)18-4-2-17(3-5-18)23(31)24-25(32)34-11-12-36(24)14-16-1-6-20-7-8-22(38)37(20)15-16/h2-4,9-13,16,18,20,25,34H,1,5-8,14-15,31-32H2,(H,33,35,39)/b24-23-/t16-,18+,20+,25?/m0/s1. The van der Waals surface area contributed by atoms with Gasteiger partial charge in [0.05, 0.1) is 22.9 Å². The van der Waals surface area contributed by atoms with E-state index >= 15 is 0 Å². The van der Waals surface area contributed by atoms with Gasteiger partial charge in [-0.2, -0.15) is 13.2 Å². The van der Waals surface area contributed by atoms with Gasteiger partial charge in [0.1, 0.15) is 12.0 Å². The molecule has 0 spiro atoms. The average molecular weight is 544 g/mol. The zero-order chi connectivity index (χ0) is 27.7. The number of fused-ring (bicyclic) bond motifs is 1. The number of anilines is 1. The van der Waals surface area contributed by atoms with Gasteiger partial charge in [-0.15, -0.1) is 0 Å². The number of rotatable bonds is 5. The number of aromatic nitrogens is 1. The van der Waals surface area contributed by atoms with Crippen LogP contribution in [-0.4, -0.2) is 51.9 Å². The van der Waals surface area contributed by atoms with E-state index in [0.29, 0.717) is 42.4 Å². The first-order chi connectivity index (χ1) is 18.6. The molecule has 0 saturated carbocycles. The molecule has 9 nitrogen and oxygen atoms in total. The van der Waals surface area contributed by atoms with Gasteiger partial charge in [-0.05, 0) is 49.3 Å². The van der Waals surface area contributed by atoms with E-state index in [2.05, 4.69) is 15.6 Å². The molecule has 4 heterocycles. The highest BCUT2D eigenvalue weighted by Crippen LogP contribution is 2.33. The van der Waals surface area contributed by atoms with Crippen molar-refractivity contribution < 1.29 is 22.8 Å². The van der Waals surface area contributed by atoms with Crippen molar-refractivity contribution in [3.8, 4) is 0 Å². The Balaban J connectivity index is 1.25. The second-order valence-electron chi connectivity index (χ2n) is 10.4. The lowest BCUT2D eigenvalue weighted by atomic mass is 9.91. The topological polar surface area (TPSA) is 130 Å². The van der Waals surface area contributed by atoms with Crippen LogP contribution < -0.4 is 22.1 Å². The summed E-state index contributed by atoms with van der Waals surface area (Å²) in [4.78, 5) is 32.8. The molecular formula is C27H32F3N7O2. The van der Waals surface area contributed by atoms with E-state index in [4.69, 9.17) is 11.5 Å². The molecule has 39 heavy (non-hydrogen) atoms. The van der Waals surface area contributed by atoms with Crippen LogP contribution in [0.15, 0.2) is 65.9 Å². The Bertz CT molecular complexity index is 1260. The Morgan fingerprint density at radius 2 is 2.08 bits per heavy atom. The van der Waals surface area contributed by atoms with Gasteiger partial charge in [0.2, 0.25) is 11.8 Å². The summed E-state index contributed by atoms with van der Waals surface area (Å²) in [5.74, 6) is -0.703. The van der Waals surface area contributed by atoms with Crippen molar-refractivity contribution in [2.45, 2.75) is 50.5 Å². The van der Waals surface area contributed by atoms with Gasteiger partial charge in [-0.25, -0.2) is 4.98 Å². The van der Waals surface area contributed by atoms with Crippen molar-refractivity contribution in [3.63, 3.8) is 0 Å². The molecule has 5 rings (SSSR count). The van der Waals surface area contributed by atoms with Crippen LogP contribution in [0.2, 0.25) is 0 Å². The number of amides is 2. The van der Waals surface area contributed by atoms with E-state index in [9.17, 15) is 22.8 Å². The van der Waals surface area contributed by atoms with Crippen LogP contribution in [0.25, 0.3) is 0 Å². The molecule has 1 unspecified atom stereocenters. The van der Waals surface area contributed by atoms with Crippen molar-refractivity contribution >= 4 is 17.6 Å². The van der Waals surface area contributed by atoms with Gasteiger partial charge >= 0.3 is 6.18 Å². The number of piperidine rings is 1. The lowest BCUT2D eigenvalue weighted by molar-refractivity contribution is -0.137. The predicted molar refractivity (Wildman–Crippen MR) is 139 cm³/mol. The Kier molecular flexibility index (Phi) is 7.39. The first-order valence-electron chi connectivity index (χ1n) is 13.1. The highest BCUT2D eigenvalue weighted by atomic mass is 19.4. The zero-order valence-electron chi connectivity index (χ0n) is 21.3. The van der Waals surface area contributed by atoms with Crippen molar-refractivity contribution in [2.75, 3.05) is 18.4 Å². The van der Waals surface area contributed by atoms with Crippen LogP contribution >= 0.6 is 0 Å². The molecule has 1 aliphatic carbocycles. The number of carbonyl (C=O) groups excluding carboxylic acids is 2. The lowest BCUT2D eigenvalue weighted by Gasteiger charge is -2.40. The van der Waals surface area contributed by atoms with Gasteiger partial charge < -0.3 is 31.9 Å². The fraction of sp³-hybridized carbons (Fsp3) is 0.444. The summed E-state index contributed by atoms with van der Waals surface area (Å²) in [6.45, 7) is 1.40. The van der Waals surface area contributed by atoms with Crippen molar-refractivity contribution in [2.24, 2.45) is 23.3 Å². The summed E-state index contributed by atoms with van der Waals surface area (Å²) in [6, 6.07) is 2.02. The summed E-state index contributed by atoms with van der Waals surface area (Å²) in [6.07, 6.45) is 8.75. The summed E-state index contributed by atoms with van der Waals surface area (Å²) >= 11 is 0. The maximum absolute atomic E-state index is 13.0. The van der Waals surface area contributed by atoms with Gasteiger partial charge in [0.15, 0.2) is 0 Å². The molecule has 6 N–H and O–H groups in total. The van der Waals surface area contributed by atoms with Gasteiger partial charge in [0.25, 0.3) is 0 Å². The minimum absolute atomic E-state index is 0.161. The summed E-state index contributed by atoms with van der Waals surface area (Å²) in [5, 5.41) is 5.54. The Hall–Kier alpha value is -3.80. The molecule has 208 valence electrons. The molecule has 1 aromatic heterocycles. The fourth-order valence-corrected chi connectivity index (χ4v) is 5.68. The van der Waals surface area contributed by atoms with Crippen molar-refractivity contribution in [1.82, 2.24) is 20.1 Å². The zero-order valence-corrected chi connectivity index (χ0v) is 21.3. The van der Waals surface area contributed by atoms with Crippen molar-refractivity contribution in [3.05, 3.63) is 71.5 Å². The molecule has 2 amide bonds. The Morgan fingerprint density at radius 3 is 2.82 bits per heavy atom. The largest absolute Gasteiger partial charge is 0.416 e. The molecule has 4 aliphatic rings. The molecule has 0 radical (unpaired) electrons. The third kappa shape index (κ3) is 5.80. The molecule has 12 heteroatoms. The van der Waals surface area contributed by atoms with Crippen molar-refractivity contribution in [1.29, 1.82) is 0 Å². The van der Waals surface area contributed by atoms with Crippen LogP contribution in [0, 0.1) is 11.8 Å². The Morgan fingerprint density at radius 1 is 1.26 bits per heavy atom. The van der Waals surface area contributed by atoms with E-state index in [1.54, 1.807) is 18.4 Å². The number of nitrogens with two attached hydrogens (primary N) is 2. The highest BCUT2D eigenvalue weighted by Gasteiger charge is 2.37. The van der Waals surface area contributed by atoms with Gasteiger partial charge in [-0.1, -0.05) is 18.2 Å². The number of hydrogen-bond donors (Lipinski definition) is 4. The molecule has 0 aromatic carbocycles. The number of halogens is 3. The normalized spacial score (nSPS) is 28.1. The SMILES string of the molecule is N/C(C1=CC[C@H](C(=O)Nc2cc(C(F)(F)F)ccn2)C=C1)=C1/C(N)NC=CN1C[C@@H]1CC[C@@H]2CCC(=O)N2C1. The number of allylic oxidation sites excluding steroid dienone is 2. The average Bonchev–Trinajstić information content (AvgIpc) is 3.28. The van der Waals surface area contributed by atoms with Gasteiger partial charge in [-0.3, -0.25) is 9.59 Å². The maximum Gasteiger partial charge on any atom is 0.416 e. The smallest absolute Gasteiger partial charge is 0.397 e. The van der Waals surface area contributed by atoms with Crippen LogP contribution in [0.3, 0.4) is 0 Å². The first kappa shape index (κ1) is 26.8. The van der Waals surface area contributed by atoms with Crippen LogP contribution in [0.1, 0.15) is 37.7 Å². The minimum atomic E-state index is -4.53. The number of nitrogens with zero attached hydrogens (tertiary/aromatic N) is 3. The summed E-state index contributed by atoms with van der Waals surface area (Å²) in [7, 11) is 0. The van der Waals surface area contributed by atoms with E-state index < -0.39 is 29.7 Å². The first-order valence-corrected chi connectivity index (χ1v) is 13.1. The monoisotopic (exact) mass is 543 g/mol. The Labute approximate surface area is 224 Å². The molecule has 1 aromatic rings. The second kappa shape index (κ2) is 10.8. The number of hydrogen-bond acceptors (Lipinski definition) is 7. The van der Waals surface area contributed by atoms with E-state index in [1.807, 2.05) is 22.1 Å². The number of nitrogens with one attached hydrogen (secondary N) is 2. The number of pyridine rings is 1. The number of alkyl halides is 3. The van der Waals surface area contributed by atoms with Gasteiger partial charge in [0, 0.05) is 44.1 Å². The summed E-state index contributed by atoms with van der Waals surface area (Å²) in [5.41, 5.74) is 14.0. The highest BCUT2D eigenvalue weighted by molar-refractivity contribution is 5.93. The summed E-state index contributed by atoms with van der Waals surface area (Å²) < 4.78 is 38.9. The van der Waals surface area contributed by atoms with Crippen LogP contribution in [-0.2, 0) is 15.8 Å². The lowest BCUT2D eigenvalue weighted by Crippen LogP contribution is -2.49. The quantitative estimate of drug-likeness (QED) is 0.450. The van der Waals surface area contributed by atoms with Crippen LogP contribution in [0.5, 0.6) is 0 Å². The molecule has 3 aliphatic heterocycles. The third-order valence-electron chi connectivity index (χ3n) is 7.77. The molecular weight excluding hydrogens is 511 g/mol. The number of carbonyl (C=O) groups is 2. The van der Waals surface area contributed by atoms with Crippen LogP contribution in [0.4, 0.5) is 19.0 Å². The molecule has 4 atom stereocenters. The maximum atomic E-state index is 13.0. The van der Waals surface area contributed by atoms with E-state index in [-0.39, 0.29) is 17.6 Å². The predicted octanol–water partition coefficient (Wildman–Crippen LogP) is 2.77. The minimum Gasteiger partial charge on any atom is -0.397 e. The fourth-order valence-electron chi connectivity index (χ4n) is 5.68. The second-order valence-corrected chi connectivity index (χ2v) is 10.4. The molecule has 2 fully saturated rings. The molecule has 2 saturated heterocycles. The third-order valence-corrected chi connectivity index (χ3v) is 7.77. The van der Waals surface area contributed by atoms with E-state index in [0.717, 1.165) is 44.1 Å². The van der Waals surface area contributed by atoms with E-state index in [1.165, 1.54) is 0 Å².